The van der Waals surface area contributed by atoms with Gasteiger partial charge in [0.05, 0.1) is 29.1 Å². The predicted molar refractivity (Wildman–Crippen MR) is 125 cm³/mol. The van der Waals surface area contributed by atoms with Crippen LogP contribution in [-0.4, -0.2) is 67.6 Å². The van der Waals surface area contributed by atoms with Crippen LogP contribution in [0.3, 0.4) is 0 Å². The molecule has 0 radical (unpaired) electrons. The standard InChI is InChI=1S/C24H25N3O7S/c1-15(27-22(29)19-7-3-4-8-20(19)23(27)30)21(28)25-17-9-11-18(12-10-17)35(32,33)26-13-5-6-16(14-26)24(31)34-2/h3-4,7-12,15-16H,5-6,13-14H2,1-2H3,(H,25,28)/t15-,16+/m1/s1. The van der Waals surface area contributed by atoms with Crippen LogP contribution in [0.2, 0.25) is 0 Å². The van der Waals surface area contributed by atoms with Gasteiger partial charge in [-0.1, -0.05) is 12.1 Å². The number of ether oxygens (including phenoxy) is 1. The van der Waals surface area contributed by atoms with Crippen LogP contribution in [0, 0.1) is 5.92 Å². The molecule has 1 N–H and O–H groups in total. The van der Waals surface area contributed by atoms with Crippen molar-refractivity contribution in [2.24, 2.45) is 5.92 Å². The first kappa shape index (κ1) is 24.6. The van der Waals surface area contributed by atoms with Gasteiger partial charge in [-0.25, -0.2) is 8.42 Å². The molecule has 10 nitrogen and oxygen atoms in total. The smallest absolute Gasteiger partial charge is 0.309 e. The fraction of sp³-hybridized carbons (Fsp3) is 0.333. The summed E-state index contributed by atoms with van der Waals surface area (Å²) in [7, 11) is -2.57. The molecule has 2 heterocycles. The van der Waals surface area contributed by atoms with Gasteiger partial charge in [0.2, 0.25) is 15.9 Å². The van der Waals surface area contributed by atoms with Gasteiger partial charge in [0.25, 0.3) is 11.8 Å². The third-order valence-electron chi connectivity index (χ3n) is 6.27. The van der Waals surface area contributed by atoms with Crippen molar-refractivity contribution in [2.75, 3.05) is 25.5 Å². The van der Waals surface area contributed by atoms with E-state index in [1.165, 1.54) is 54.7 Å². The highest BCUT2D eigenvalue weighted by molar-refractivity contribution is 7.89. The van der Waals surface area contributed by atoms with Crippen molar-refractivity contribution in [1.82, 2.24) is 9.21 Å². The highest BCUT2D eigenvalue weighted by atomic mass is 32.2. The van der Waals surface area contributed by atoms with Gasteiger partial charge < -0.3 is 10.1 Å². The Hall–Kier alpha value is -3.57. The summed E-state index contributed by atoms with van der Waals surface area (Å²) in [5, 5.41) is 2.62. The van der Waals surface area contributed by atoms with Crippen molar-refractivity contribution in [3.05, 3.63) is 59.7 Å². The van der Waals surface area contributed by atoms with Gasteiger partial charge in [-0.2, -0.15) is 4.31 Å². The molecule has 0 unspecified atom stereocenters. The van der Waals surface area contributed by atoms with E-state index in [1.54, 1.807) is 12.1 Å². The van der Waals surface area contributed by atoms with E-state index in [4.69, 9.17) is 4.74 Å². The molecule has 0 spiro atoms. The molecule has 2 aliphatic rings. The van der Waals surface area contributed by atoms with Gasteiger partial charge in [0.1, 0.15) is 6.04 Å². The van der Waals surface area contributed by atoms with Crippen molar-refractivity contribution in [2.45, 2.75) is 30.7 Å². The molecule has 0 aliphatic carbocycles. The number of esters is 1. The van der Waals surface area contributed by atoms with Crippen LogP contribution in [0.4, 0.5) is 5.69 Å². The average Bonchev–Trinajstić information content (AvgIpc) is 3.13. The number of hydrogen-bond donors (Lipinski definition) is 1. The molecule has 0 bridgehead atoms. The summed E-state index contributed by atoms with van der Waals surface area (Å²) in [6.07, 6.45) is 1.11. The van der Waals surface area contributed by atoms with E-state index in [0.29, 0.717) is 25.1 Å². The normalized spacial score (nSPS) is 19.3. The number of imide groups is 1. The zero-order valence-corrected chi connectivity index (χ0v) is 20.1. The molecule has 2 aromatic rings. The van der Waals surface area contributed by atoms with E-state index in [2.05, 4.69) is 5.32 Å². The van der Waals surface area contributed by atoms with Crippen LogP contribution in [0.1, 0.15) is 40.5 Å². The Morgan fingerprint density at radius 3 is 2.20 bits per heavy atom. The minimum absolute atomic E-state index is 0.0226. The van der Waals surface area contributed by atoms with Crippen LogP contribution in [0.15, 0.2) is 53.4 Å². The lowest BCUT2D eigenvalue weighted by atomic mass is 10.0. The van der Waals surface area contributed by atoms with Gasteiger partial charge >= 0.3 is 5.97 Å². The number of fused-ring (bicyclic) bond motifs is 1. The molecular weight excluding hydrogens is 474 g/mol. The molecule has 1 fully saturated rings. The molecule has 1 saturated heterocycles. The fourth-order valence-electron chi connectivity index (χ4n) is 4.30. The molecule has 2 aromatic carbocycles. The van der Waals surface area contributed by atoms with E-state index >= 15 is 0 Å². The molecule has 11 heteroatoms. The van der Waals surface area contributed by atoms with Gasteiger partial charge in [-0.15, -0.1) is 0 Å². The lowest BCUT2D eigenvalue weighted by molar-refractivity contribution is -0.146. The zero-order chi connectivity index (χ0) is 25.3. The van der Waals surface area contributed by atoms with Crippen LogP contribution in [0.25, 0.3) is 0 Å². The number of nitrogens with zero attached hydrogens (tertiary/aromatic N) is 2. The Balaban J connectivity index is 1.44. The Morgan fingerprint density at radius 2 is 1.63 bits per heavy atom. The zero-order valence-electron chi connectivity index (χ0n) is 19.3. The summed E-state index contributed by atoms with van der Waals surface area (Å²) in [6, 6.07) is 10.9. The maximum atomic E-state index is 13.0. The minimum Gasteiger partial charge on any atom is -0.469 e. The van der Waals surface area contributed by atoms with Gasteiger partial charge in [-0.05, 0) is 56.2 Å². The van der Waals surface area contributed by atoms with Crippen molar-refractivity contribution in [1.29, 1.82) is 0 Å². The fourth-order valence-corrected chi connectivity index (χ4v) is 5.83. The summed E-state index contributed by atoms with van der Waals surface area (Å²) in [4.78, 5) is 50.8. The monoisotopic (exact) mass is 499 g/mol. The largest absolute Gasteiger partial charge is 0.469 e. The Bertz CT molecular complexity index is 1260. The number of piperidine rings is 1. The predicted octanol–water partition coefficient (Wildman–Crippen LogP) is 1.88. The maximum absolute atomic E-state index is 13.0. The van der Waals surface area contributed by atoms with Crippen LogP contribution in [-0.2, 0) is 24.3 Å². The number of nitrogens with one attached hydrogen (secondary N) is 1. The van der Waals surface area contributed by atoms with Crippen molar-refractivity contribution >= 4 is 39.4 Å². The number of carbonyl (C=O) groups excluding carboxylic acids is 4. The second-order valence-electron chi connectivity index (χ2n) is 8.44. The lowest BCUT2D eigenvalue weighted by Crippen LogP contribution is -2.45. The first-order valence-electron chi connectivity index (χ1n) is 11.1. The molecule has 184 valence electrons. The van der Waals surface area contributed by atoms with Crippen LogP contribution in [0.5, 0.6) is 0 Å². The Kier molecular flexibility index (Phi) is 6.73. The topological polar surface area (TPSA) is 130 Å². The maximum Gasteiger partial charge on any atom is 0.309 e. The van der Waals surface area contributed by atoms with E-state index in [0.717, 1.165) is 4.90 Å². The number of carbonyl (C=O) groups is 4. The summed E-state index contributed by atoms with van der Waals surface area (Å²) in [6.45, 7) is 1.79. The first-order valence-corrected chi connectivity index (χ1v) is 12.5. The van der Waals surface area contributed by atoms with Crippen LogP contribution < -0.4 is 5.32 Å². The molecule has 0 saturated carbocycles. The highest BCUT2D eigenvalue weighted by Gasteiger charge is 2.40. The minimum atomic E-state index is -3.84. The van der Waals surface area contributed by atoms with Crippen molar-refractivity contribution in [3.8, 4) is 0 Å². The quantitative estimate of drug-likeness (QED) is 0.474. The molecule has 4 rings (SSSR count). The molecular formula is C24H25N3O7S. The Morgan fingerprint density at radius 1 is 1.03 bits per heavy atom. The van der Waals surface area contributed by atoms with Crippen molar-refractivity contribution < 1.29 is 32.3 Å². The Labute approximate surface area is 202 Å². The van der Waals surface area contributed by atoms with Gasteiger partial charge in [-0.3, -0.25) is 24.1 Å². The van der Waals surface area contributed by atoms with E-state index < -0.39 is 45.7 Å². The van der Waals surface area contributed by atoms with E-state index in [1.807, 2.05) is 0 Å². The highest BCUT2D eigenvalue weighted by Crippen LogP contribution is 2.27. The summed E-state index contributed by atoms with van der Waals surface area (Å²) >= 11 is 0. The second-order valence-corrected chi connectivity index (χ2v) is 10.4. The molecule has 35 heavy (non-hydrogen) atoms. The van der Waals surface area contributed by atoms with E-state index in [-0.39, 0.29) is 22.6 Å². The number of anilines is 1. The summed E-state index contributed by atoms with van der Waals surface area (Å²) < 4.78 is 32.1. The molecule has 2 aliphatic heterocycles. The van der Waals surface area contributed by atoms with Gasteiger partial charge in [0.15, 0.2) is 0 Å². The number of methoxy groups -OCH3 is 1. The third kappa shape index (κ3) is 4.56. The lowest BCUT2D eigenvalue weighted by Gasteiger charge is -2.30. The van der Waals surface area contributed by atoms with Crippen LogP contribution >= 0.6 is 0 Å². The number of benzene rings is 2. The summed E-state index contributed by atoms with van der Waals surface area (Å²) in [5.41, 5.74) is 0.807. The number of sulfonamides is 1. The molecule has 0 aromatic heterocycles. The number of amides is 3. The number of hydrogen-bond acceptors (Lipinski definition) is 7. The SMILES string of the molecule is COC(=O)[C@H]1CCCN(S(=O)(=O)c2ccc(NC(=O)[C@@H](C)N3C(=O)c4ccccc4C3=O)cc2)C1. The second kappa shape index (κ2) is 9.59. The van der Waals surface area contributed by atoms with E-state index in [9.17, 15) is 27.6 Å². The number of rotatable bonds is 6. The summed E-state index contributed by atoms with van der Waals surface area (Å²) in [5.74, 6) is -2.61. The third-order valence-corrected chi connectivity index (χ3v) is 8.15. The van der Waals surface area contributed by atoms with Gasteiger partial charge in [0, 0.05) is 18.8 Å². The molecule has 2 atom stereocenters. The van der Waals surface area contributed by atoms with Crippen molar-refractivity contribution in [3.63, 3.8) is 0 Å². The first-order chi connectivity index (χ1) is 16.6. The average molecular weight is 500 g/mol. The molecule has 3 amide bonds.